The van der Waals surface area contributed by atoms with Crippen molar-refractivity contribution in [2.24, 2.45) is 0 Å². The fraction of sp³-hybridized carbons (Fsp3) is 0.375. The standard InChI is InChI=1S/C24H29NO6/c1-24(2,3)17-8-6-16(7-9-17)19(26)11-13-23(28)31-15-22(27)25-18-10-12-20(29-4)21(14-18)30-5/h6-10,12,14H,11,13,15H2,1-5H3,(H,25,27). The van der Waals surface area contributed by atoms with Crippen LogP contribution in [0.3, 0.4) is 0 Å². The third-order valence-corrected chi connectivity index (χ3v) is 4.66. The number of rotatable bonds is 9. The van der Waals surface area contributed by atoms with Gasteiger partial charge in [-0.05, 0) is 23.1 Å². The van der Waals surface area contributed by atoms with Gasteiger partial charge in [-0.2, -0.15) is 0 Å². The predicted molar refractivity (Wildman–Crippen MR) is 118 cm³/mol. The molecular formula is C24H29NO6. The number of hydrogen-bond acceptors (Lipinski definition) is 6. The second kappa shape index (κ2) is 10.6. The number of Topliss-reactive ketones (excluding diaryl/α,β-unsaturated/α-hetero) is 1. The van der Waals surface area contributed by atoms with E-state index < -0.39 is 18.5 Å². The number of benzene rings is 2. The van der Waals surface area contributed by atoms with Gasteiger partial charge in [0.2, 0.25) is 0 Å². The molecule has 0 atom stereocenters. The van der Waals surface area contributed by atoms with E-state index in [-0.39, 0.29) is 24.0 Å². The average molecular weight is 427 g/mol. The summed E-state index contributed by atoms with van der Waals surface area (Å²) in [5, 5.41) is 2.61. The van der Waals surface area contributed by atoms with Crippen LogP contribution in [0.5, 0.6) is 11.5 Å². The normalized spacial score (nSPS) is 10.9. The number of methoxy groups -OCH3 is 2. The first-order chi connectivity index (χ1) is 14.6. The highest BCUT2D eigenvalue weighted by atomic mass is 16.5. The highest BCUT2D eigenvalue weighted by Crippen LogP contribution is 2.29. The summed E-state index contributed by atoms with van der Waals surface area (Å²) in [6.45, 7) is 5.85. The number of ketones is 1. The molecule has 0 aromatic heterocycles. The Kier molecular flexibility index (Phi) is 8.19. The van der Waals surface area contributed by atoms with E-state index in [0.717, 1.165) is 5.56 Å². The number of carbonyl (C=O) groups is 3. The SMILES string of the molecule is COc1ccc(NC(=O)COC(=O)CCC(=O)c2ccc(C(C)(C)C)cc2)cc1OC. The van der Waals surface area contributed by atoms with E-state index in [1.807, 2.05) is 12.1 Å². The van der Waals surface area contributed by atoms with Crippen LogP contribution in [0.2, 0.25) is 0 Å². The van der Waals surface area contributed by atoms with Gasteiger partial charge in [0.05, 0.1) is 20.6 Å². The summed E-state index contributed by atoms with van der Waals surface area (Å²) >= 11 is 0. The van der Waals surface area contributed by atoms with E-state index in [9.17, 15) is 14.4 Å². The van der Waals surface area contributed by atoms with Crippen LogP contribution in [0.15, 0.2) is 42.5 Å². The molecule has 0 radical (unpaired) electrons. The number of esters is 1. The molecular weight excluding hydrogens is 398 g/mol. The number of carbonyl (C=O) groups excluding carboxylic acids is 3. The maximum absolute atomic E-state index is 12.3. The molecule has 0 aliphatic heterocycles. The molecule has 7 heteroatoms. The van der Waals surface area contributed by atoms with Crippen molar-refractivity contribution in [3.8, 4) is 11.5 Å². The number of nitrogens with one attached hydrogen (secondary N) is 1. The Morgan fingerprint density at radius 2 is 1.52 bits per heavy atom. The number of ether oxygens (including phenoxy) is 3. The van der Waals surface area contributed by atoms with E-state index in [1.165, 1.54) is 14.2 Å². The molecule has 1 N–H and O–H groups in total. The highest BCUT2D eigenvalue weighted by Gasteiger charge is 2.16. The summed E-state index contributed by atoms with van der Waals surface area (Å²) in [6, 6.07) is 12.3. The molecule has 0 bridgehead atoms. The molecule has 0 saturated heterocycles. The van der Waals surface area contributed by atoms with Gasteiger partial charge in [-0.1, -0.05) is 45.0 Å². The van der Waals surface area contributed by atoms with Gasteiger partial charge >= 0.3 is 5.97 Å². The van der Waals surface area contributed by atoms with E-state index in [0.29, 0.717) is 22.7 Å². The zero-order chi connectivity index (χ0) is 23.0. The van der Waals surface area contributed by atoms with Crippen molar-refractivity contribution in [3.05, 3.63) is 53.6 Å². The molecule has 2 aromatic rings. The van der Waals surface area contributed by atoms with Gasteiger partial charge < -0.3 is 19.5 Å². The number of amides is 1. The van der Waals surface area contributed by atoms with Crippen LogP contribution < -0.4 is 14.8 Å². The van der Waals surface area contributed by atoms with Crippen LogP contribution in [-0.2, 0) is 19.7 Å². The summed E-state index contributed by atoms with van der Waals surface area (Å²) in [7, 11) is 3.01. The quantitative estimate of drug-likeness (QED) is 0.478. The lowest BCUT2D eigenvalue weighted by molar-refractivity contribution is -0.147. The zero-order valence-corrected chi connectivity index (χ0v) is 18.6. The molecule has 7 nitrogen and oxygen atoms in total. The Morgan fingerprint density at radius 3 is 2.10 bits per heavy atom. The number of hydrogen-bond donors (Lipinski definition) is 1. The van der Waals surface area contributed by atoms with Gasteiger partial charge in [0, 0.05) is 23.7 Å². The van der Waals surface area contributed by atoms with Crippen LogP contribution >= 0.6 is 0 Å². The first-order valence-corrected chi connectivity index (χ1v) is 9.95. The monoisotopic (exact) mass is 427 g/mol. The Hall–Kier alpha value is -3.35. The maximum Gasteiger partial charge on any atom is 0.306 e. The Morgan fingerprint density at radius 1 is 0.871 bits per heavy atom. The predicted octanol–water partition coefficient (Wildman–Crippen LogP) is 4.15. The third kappa shape index (κ3) is 7.13. The van der Waals surface area contributed by atoms with E-state index in [4.69, 9.17) is 14.2 Å². The van der Waals surface area contributed by atoms with Crippen molar-refractivity contribution in [1.29, 1.82) is 0 Å². The molecule has 0 fully saturated rings. The van der Waals surface area contributed by atoms with Crippen LogP contribution in [-0.4, -0.2) is 38.5 Å². The molecule has 1 amide bonds. The highest BCUT2D eigenvalue weighted by molar-refractivity contribution is 5.98. The van der Waals surface area contributed by atoms with Crippen molar-refractivity contribution in [2.75, 3.05) is 26.1 Å². The molecule has 0 spiro atoms. The van der Waals surface area contributed by atoms with Gasteiger partial charge in [-0.15, -0.1) is 0 Å². The minimum absolute atomic E-state index is 0.00288. The smallest absolute Gasteiger partial charge is 0.306 e. The molecule has 0 aliphatic rings. The van der Waals surface area contributed by atoms with Gasteiger partial charge in [0.15, 0.2) is 23.9 Å². The van der Waals surface area contributed by atoms with Gasteiger partial charge in [0.1, 0.15) is 0 Å². The van der Waals surface area contributed by atoms with Crippen LogP contribution in [0, 0.1) is 0 Å². The van der Waals surface area contributed by atoms with E-state index >= 15 is 0 Å². The Bertz CT molecular complexity index is 928. The minimum atomic E-state index is -0.609. The van der Waals surface area contributed by atoms with Gasteiger partial charge in [0.25, 0.3) is 5.91 Å². The molecule has 0 aliphatic carbocycles. The molecule has 31 heavy (non-hydrogen) atoms. The Balaban J connectivity index is 1.78. The van der Waals surface area contributed by atoms with E-state index in [2.05, 4.69) is 26.1 Å². The van der Waals surface area contributed by atoms with E-state index in [1.54, 1.807) is 30.3 Å². The second-order valence-electron chi connectivity index (χ2n) is 8.03. The topological polar surface area (TPSA) is 90.9 Å². The summed E-state index contributed by atoms with van der Waals surface area (Å²) in [4.78, 5) is 36.2. The largest absolute Gasteiger partial charge is 0.493 e. The van der Waals surface area contributed by atoms with Gasteiger partial charge in [-0.25, -0.2) is 0 Å². The van der Waals surface area contributed by atoms with Crippen molar-refractivity contribution in [2.45, 2.75) is 39.0 Å². The molecule has 0 unspecified atom stereocenters. The lowest BCUT2D eigenvalue weighted by Gasteiger charge is -2.18. The summed E-state index contributed by atoms with van der Waals surface area (Å²) in [6.07, 6.45) is -0.0749. The van der Waals surface area contributed by atoms with Crippen LogP contribution in [0.25, 0.3) is 0 Å². The molecule has 0 saturated carbocycles. The van der Waals surface area contributed by atoms with Crippen LogP contribution in [0.1, 0.15) is 49.5 Å². The minimum Gasteiger partial charge on any atom is -0.493 e. The molecule has 166 valence electrons. The van der Waals surface area contributed by atoms with Crippen molar-refractivity contribution in [3.63, 3.8) is 0 Å². The fourth-order valence-corrected chi connectivity index (χ4v) is 2.85. The number of anilines is 1. The zero-order valence-electron chi connectivity index (χ0n) is 18.6. The fourth-order valence-electron chi connectivity index (χ4n) is 2.85. The molecule has 0 heterocycles. The summed E-state index contributed by atoms with van der Waals surface area (Å²) < 4.78 is 15.3. The van der Waals surface area contributed by atoms with Gasteiger partial charge in [-0.3, -0.25) is 14.4 Å². The average Bonchev–Trinajstić information content (AvgIpc) is 2.75. The Labute approximate surface area is 182 Å². The van der Waals surface area contributed by atoms with Crippen molar-refractivity contribution >= 4 is 23.3 Å². The van der Waals surface area contributed by atoms with Crippen molar-refractivity contribution in [1.82, 2.24) is 0 Å². The van der Waals surface area contributed by atoms with Crippen molar-refractivity contribution < 1.29 is 28.6 Å². The first kappa shape index (κ1) is 23.9. The van der Waals surface area contributed by atoms with Crippen LogP contribution in [0.4, 0.5) is 5.69 Å². The summed E-state index contributed by atoms with van der Waals surface area (Å²) in [5.41, 5.74) is 2.16. The molecule has 2 aromatic carbocycles. The summed E-state index contributed by atoms with van der Waals surface area (Å²) in [5.74, 6) is -0.255. The lowest BCUT2D eigenvalue weighted by atomic mass is 9.86. The molecule has 2 rings (SSSR count). The first-order valence-electron chi connectivity index (χ1n) is 9.95. The third-order valence-electron chi connectivity index (χ3n) is 4.66. The lowest BCUT2D eigenvalue weighted by Crippen LogP contribution is -2.21. The second-order valence-corrected chi connectivity index (χ2v) is 8.03. The maximum atomic E-state index is 12.3.